The van der Waals surface area contributed by atoms with E-state index in [4.69, 9.17) is 16.3 Å². The number of carbonyl (C=O) groups excluding carboxylic acids is 2. The smallest absolute Gasteiger partial charge is 0.336 e. The molecule has 5 nitrogen and oxygen atoms in total. The van der Waals surface area contributed by atoms with E-state index in [0.717, 1.165) is 34.6 Å². The first-order chi connectivity index (χ1) is 16.3. The Bertz CT molecular complexity index is 1150. The monoisotopic (exact) mass is 478 g/mol. The van der Waals surface area contributed by atoms with Gasteiger partial charge < -0.3 is 15.0 Å². The third-order valence-electron chi connectivity index (χ3n) is 6.57. The van der Waals surface area contributed by atoms with Crippen molar-refractivity contribution in [3.63, 3.8) is 0 Å². The predicted octanol–water partition coefficient (Wildman–Crippen LogP) is 5.72. The zero-order valence-electron chi connectivity index (χ0n) is 20.2. The van der Waals surface area contributed by atoms with E-state index in [1.54, 1.807) is 0 Å². The Balaban J connectivity index is 1.76. The number of hydrogen-bond donors (Lipinski definition) is 1. The van der Waals surface area contributed by atoms with Crippen LogP contribution < -0.4 is 10.2 Å². The van der Waals surface area contributed by atoms with Crippen molar-refractivity contribution in [3.05, 3.63) is 87.2 Å². The summed E-state index contributed by atoms with van der Waals surface area (Å²) in [5.41, 5.74) is 5.89. The molecule has 0 unspecified atom stereocenters. The Kier molecular flexibility index (Phi) is 7.13. The largest absolute Gasteiger partial charge is 0.462 e. The van der Waals surface area contributed by atoms with Crippen LogP contribution in [0.2, 0.25) is 5.02 Å². The molecule has 2 aliphatic rings. The lowest BCUT2D eigenvalue weighted by atomic mass is 9.71. The number of rotatable bonds is 6. The number of nitrogens with zero attached hydrogens (tertiary/aromatic N) is 1. The molecular formula is C28H31ClN2O3. The molecule has 0 fully saturated rings. The fourth-order valence-corrected chi connectivity index (χ4v) is 4.98. The number of ether oxygens (including phenoxy) is 1. The second-order valence-electron chi connectivity index (χ2n) is 9.19. The van der Waals surface area contributed by atoms with Gasteiger partial charge in [-0.25, -0.2) is 4.79 Å². The average Bonchev–Trinajstić information content (AvgIpc) is 2.82. The first-order valence-corrected chi connectivity index (χ1v) is 12.1. The predicted molar refractivity (Wildman–Crippen MR) is 136 cm³/mol. The van der Waals surface area contributed by atoms with Gasteiger partial charge in [0.25, 0.3) is 0 Å². The summed E-state index contributed by atoms with van der Waals surface area (Å²) in [7, 11) is 3.97. The van der Waals surface area contributed by atoms with Crippen LogP contribution in [0.25, 0.3) is 0 Å². The van der Waals surface area contributed by atoms with Crippen LogP contribution in [0, 0.1) is 0 Å². The fourth-order valence-electron chi connectivity index (χ4n) is 4.85. The number of esters is 1. The molecule has 2 aromatic rings. The Labute approximate surface area is 206 Å². The number of ketones is 1. The molecule has 0 amide bonds. The van der Waals surface area contributed by atoms with Gasteiger partial charge in [-0.3, -0.25) is 4.79 Å². The van der Waals surface area contributed by atoms with Gasteiger partial charge in [0.1, 0.15) is 0 Å². The number of allylic oxidation sites excluding steroid dienone is 3. The number of benzene rings is 2. The number of halogens is 1. The van der Waals surface area contributed by atoms with Gasteiger partial charge in [0, 0.05) is 54.1 Å². The van der Waals surface area contributed by atoms with Gasteiger partial charge in [-0.2, -0.15) is 0 Å². The Morgan fingerprint density at radius 2 is 1.71 bits per heavy atom. The van der Waals surface area contributed by atoms with Crippen LogP contribution in [0.5, 0.6) is 0 Å². The molecule has 1 aliphatic heterocycles. The summed E-state index contributed by atoms with van der Waals surface area (Å²) in [6.45, 7) is 4.21. The second kappa shape index (κ2) is 10.1. The van der Waals surface area contributed by atoms with Crippen LogP contribution in [0.4, 0.5) is 5.69 Å². The third kappa shape index (κ3) is 4.76. The van der Waals surface area contributed by atoms with E-state index in [9.17, 15) is 9.59 Å². The zero-order valence-corrected chi connectivity index (χ0v) is 20.9. The lowest BCUT2D eigenvalue weighted by Gasteiger charge is -2.36. The SMILES string of the molecule is CCCOC(=O)C1=C(C)NC2=C(C(=O)C[C@H](c3ccc(Cl)cc3)C2)[C@@H]1c1ccc(N(C)C)cc1. The number of hydrogen-bond acceptors (Lipinski definition) is 5. The van der Waals surface area contributed by atoms with Crippen LogP contribution >= 0.6 is 11.6 Å². The van der Waals surface area contributed by atoms with Crippen molar-refractivity contribution in [2.24, 2.45) is 0 Å². The highest BCUT2D eigenvalue weighted by molar-refractivity contribution is 6.30. The van der Waals surface area contributed by atoms with E-state index in [1.807, 2.05) is 81.4 Å². The average molecular weight is 479 g/mol. The molecule has 0 bridgehead atoms. The summed E-state index contributed by atoms with van der Waals surface area (Å²) >= 11 is 6.07. The van der Waals surface area contributed by atoms with E-state index in [-0.39, 0.29) is 17.7 Å². The standard InChI is InChI=1S/C28H31ClN2O3/c1-5-14-34-28(33)25-17(2)30-23-15-20(18-6-10-21(29)11-7-18)16-24(32)27(23)26(25)19-8-12-22(13-9-19)31(3)4/h6-13,20,26,30H,5,14-16H2,1-4H3/t20-,26-/m1/s1. The molecule has 1 heterocycles. The maximum atomic E-state index is 13.6. The highest BCUT2D eigenvalue weighted by Crippen LogP contribution is 2.46. The molecule has 0 saturated carbocycles. The van der Waals surface area contributed by atoms with Gasteiger partial charge in [-0.15, -0.1) is 0 Å². The minimum absolute atomic E-state index is 0.0590. The third-order valence-corrected chi connectivity index (χ3v) is 6.82. The van der Waals surface area contributed by atoms with Gasteiger partial charge in [0.2, 0.25) is 0 Å². The van der Waals surface area contributed by atoms with Crippen LogP contribution in [0.15, 0.2) is 71.1 Å². The summed E-state index contributed by atoms with van der Waals surface area (Å²) < 4.78 is 5.54. The lowest BCUT2D eigenvalue weighted by molar-refractivity contribution is -0.139. The van der Waals surface area contributed by atoms with Gasteiger partial charge in [-0.05, 0) is 61.1 Å². The van der Waals surface area contributed by atoms with Crippen molar-refractivity contribution < 1.29 is 14.3 Å². The number of carbonyl (C=O) groups is 2. The first-order valence-electron chi connectivity index (χ1n) is 11.7. The number of nitrogens with one attached hydrogen (secondary N) is 1. The van der Waals surface area contributed by atoms with Crippen LogP contribution in [-0.4, -0.2) is 32.5 Å². The number of dihydropyridines is 1. The summed E-state index contributed by atoms with van der Waals surface area (Å²) in [4.78, 5) is 28.8. The molecule has 4 rings (SSSR count). The van der Waals surface area contributed by atoms with Crippen molar-refractivity contribution in [1.29, 1.82) is 0 Å². The van der Waals surface area contributed by atoms with E-state index >= 15 is 0 Å². The Hall–Kier alpha value is -3.05. The van der Waals surface area contributed by atoms with Gasteiger partial charge in [0.15, 0.2) is 5.78 Å². The zero-order chi connectivity index (χ0) is 24.4. The van der Waals surface area contributed by atoms with Crippen molar-refractivity contribution in [3.8, 4) is 0 Å². The molecule has 6 heteroatoms. The normalized spacial score (nSPS) is 20.1. The van der Waals surface area contributed by atoms with Gasteiger partial charge in [-0.1, -0.05) is 42.8 Å². The highest BCUT2D eigenvalue weighted by Gasteiger charge is 2.41. The Morgan fingerprint density at radius 1 is 1.06 bits per heavy atom. The van der Waals surface area contributed by atoms with Crippen molar-refractivity contribution >= 4 is 29.0 Å². The molecule has 0 aromatic heterocycles. The first kappa shape index (κ1) is 24.1. The molecule has 2 aromatic carbocycles. The second-order valence-corrected chi connectivity index (χ2v) is 9.63. The number of Topliss-reactive ketones (excluding diaryl/α,β-unsaturated/α-hetero) is 1. The molecule has 178 valence electrons. The maximum absolute atomic E-state index is 13.6. The molecule has 1 N–H and O–H groups in total. The highest BCUT2D eigenvalue weighted by atomic mass is 35.5. The minimum atomic E-state index is -0.449. The summed E-state index contributed by atoms with van der Waals surface area (Å²) in [5, 5.41) is 4.08. The van der Waals surface area contributed by atoms with Crippen molar-refractivity contribution in [2.75, 3.05) is 25.6 Å². The van der Waals surface area contributed by atoms with E-state index in [0.29, 0.717) is 35.6 Å². The number of anilines is 1. The fraction of sp³-hybridized carbons (Fsp3) is 0.357. The van der Waals surface area contributed by atoms with E-state index < -0.39 is 5.92 Å². The van der Waals surface area contributed by atoms with Crippen molar-refractivity contribution in [2.45, 2.75) is 44.9 Å². The molecule has 1 aliphatic carbocycles. The quantitative estimate of drug-likeness (QED) is 0.538. The minimum Gasteiger partial charge on any atom is -0.462 e. The van der Waals surface area contributed by atoms with Crippen LogP contribution in [0.1, 0.15) is 56.1 Å². The summed E-state index contributed by atoms with van der Waals surface area (Å²) in [5.74, 6) is -0.693. The maximum Gasteiger partial charge on any atom is 0.336 e. The van der Waals surface area contributed by atoms with E-state index in [2.05, 4.69) is 5.32 Å². The Morgan fingerprint density at radius 3 is 2.32 bits per heavy atom. The van der Waals surface area contributed by atoms with Crippen LogP contribution in [-0.2, 0) is 14.3 Å². The van der Waals surface area contributed by atoms with Gasteiger partial charge in [0.05, 0.1) is 12.2 Å². The van der Waals surface area contributed by atoms with Crippen molar-refractivity contribution in [1.82, 2.24) is 5.32 Å². The molecule has 34 heavy (non-hydrogen) atoms. The van der Waals surface area contributed by atoms with Crippen LogP contribution in [0.3, 0.4) is 0 Å². The van der Waals surface area contributed by atoms with E-state index in [1.165, 1.54) is 0 Å². The molecule has 0 saturated heterocycles. The molecular weight excluding hydrogens is 448 g/mol. The lowest BCUT2D eigenvalue weighted by Crippen LogP contribution is -2.36. The molecule has 0 spiro atoms. The summed E-state index contributed by atoms with van der Waals surface area (Å²) in [6.07, 6.45) is 1.83. The molecule has 0 radical (unpaired) electrons. The summed E-state index contributed by atoms with van der Waals surface area (Å²) in [6, 6.07) is 15.8. The topological polar surface area (TPSA) is 58.6 Å². The van der Waals surface area contributed by atoms with Gasteiger partial charge >= 0.3 is 5.97 Å². The molecule has 2 atom stereocenters.